The van der Waals surface area contributed by atoms with Gasteiger partial charge in [0.2, 0.25) is 0 Å². The van der Waals surface area contributed by atoms with E-state index in [9.17, 15) is 10.1 Å². The van der Waals surface area contributed by atoms with Crippen molar-refractivity contribution in [2.75, 3.05) is 14.1 Å². The van der Waals surface area contributed by atoms with E-state index in [2.05, 4.69) is 9.97 Å². The summed E-state index contributed by atoms with van der Waals surface area (Å²) in [6.45, 7) is 0. The molecule has 0 aliphatic heterocycles. The van der Waals surface area contributed by atoms with Crippen molar-refractivity contribution in [1.29, 1.82) is 0 Å². The van der Waals surface area contributed by atoms with Crippen LogP contribution in [0.2, 0.25) is 0 Å². The van der Waals surface area contributed by atoms with Crippen LogP contribution in [-0.4, -0.2) is 33.9 Å². The van der Waals surface area contributed by atoms with Gasteiger partial charge in [0.1, 0.15) is 18.2 Å². The van der Waals surface area contributed by atoms with Crippen LogP contribution >= 0.6 is 0 Å². The van der Waals surface area contributed by atoms with Gasteiger partial charge in [-0.3, -0.25) is 10.1 Å². The lowest BCUT2D eigenvalue weighted by molar-refractivity contribution is -0.385. The summed E-state index contributed by atoms with van der Waals surface area (Å²) < 4.78 is 0. The van der Waals surface area contributed by atoms with Crippen LogP contribution in [0.5, 0.6) is 0 Å². The van der Waals surface area contributed by atoms with E-state index < -0.39 is 4.92 Å². The quantitative estimate of drug-likeness (QED) is 0.528. The minimum Gasteiger partial charge on any atom is -0.383 e. The Kier molecular flexibility index (Phi) is 3.11. The van der Waals surface area contributed by atoms with Gasteiger partial charge in [0, 0.05) is 20.3 Å². The lowest BCUT2D eigenvalue weighted by Gasteiger charge is -2.02. The van der Waals surface area contributed by atoms with Gasteiger partial charge in [0.25, 0.3) is 0 Å². The standard InChI is InChI=1S/C8H10N4O2/c1-11(2)4-3-7-8(12(13)14)5-9-6-10-7/h3-6H,1-2H3/b4-3+. The molecule has 1 aromatic rings. The summed E-state index contributed by atoms with van der Waals surface area (Å²) in [4.78, 5) is 19.2. The van der Waals surface area contributed by atoms with Crippen molar-refractivity contribution >= 4 is 11.8 Å². The van der Waals surface area contributed by atoms with E-state index in [0.29, 0.717) is 5.69 Å². The minimum atomic E-state index is -0.505. The van der Waals surface area contributed by atoms with Gasteiger partial charge in [-0.1, -0.05) is 0 Å². The third-order valence-electron chi connectivity index (χ3n) is 1.45. The second-order valence-corrected chi connectivity index (χ2v) is 2.83. The average molecular weight is 194 g/mol. The van der Waals surface area contributed by atoms with E-state index in [-0.39, 0.29) is 5.69 Å². The Morgan fingerprint density at radius 1 is 1.57 bits per heavy atom. The molecule has 0 aromatic carbocycles. The molecule has 74 valence electrons. The number of hydrogen-bond donors (Lipinski definition) is 0. The normalized spacial score (nSPS) is 10.4. The molecule has 0 unspecified atom stereocenters. The van der Waals surface area contributed by atoms with Crippen LogP contribution < -0.4 is 0 Å². The molecule has 14 heavy (non-hydrogen) atoms. The molecule has 0 spiro atoms. The largest absolute Gasteiger partial charge is 0.383 e. The predicted octanol–water partition coefficient (Wildman–Crippen LogP) is 0.917. The molecule has 0 aliphatic carbocycles. The molecule has 6 heteroatoms. The maximum Gasteiger partial charge on any atom is 0.313 e. The lowest BCUT2D eigenvalue weighted by atomic mass is 10.3. The summed E-state index contributed by atoms with van der Waals surface area (Å²) in [5, 5.41) is 10.5. The molecule has 0 fully saturated rings. The molecule has 1 aromatic heterocycles. The van der Waals surface area contributed by atoms with Crippen LogP contribution in [0.4, 0.5) is 5.69 Å². The Balaban J connectivity index is 3.02. The van der Waals surface area contributed by atoms with Crippen molar-refractivity contribution in [3.8, 4) is 0 Å². The van der Waals surface area contributed by atoms with E-state index in [0.717, 1.165) is 0 Å². The SMILES string of the molecule is CN(C)/C=C/c1ncncc1[N+](=O)[O-]. The van der Waals surface area contributed by atoms with Gasteiger partial charge in [0.15, 0.2) is 0 Å². The van der Waals surface area contributed by atoms with Gasteiger partial charge >= 0.3 is 5.69 Å². The van der Waals surface area contributed by atoms with E-state index in [4.69, 9.17) is 0 Å². The first-order chi connectivity index (χ1) is 6.61. The Morgan fingerprint density at radius 3 is 2.86 bits per heavy atom. The highest BCUT2D eigenvalue weighted by molar-refractivity contribution is 5.54. The zero-order valence-electron chi connectivity index (χ0n) is 7.91. The third-order valence-corrected chi connectivity index (χ3v) is 1.45. The third kappa shape index (κ3) is 2.51. The van der Waals surface area contributed by atoms with Crippen LogP contribution in [-0.2, 0) is 0 Å². The topological polar surface area (TPSA) is 72.2 Å². The molecule has 1 heterocycles. The minimum absolute atomic E-state index is 0.0920. The average Bonchev–Trinajstić information content (AvgIpc) is 2.15. The van der Waals surface area contributed by atoms with Crippen LogP contribution in [0.15, 0.2) is 18.7 Å². The maximum atomic E-state index is 10.5. The van der Waals surface area contributed by atoms with E-state index >= 15 is 0 Å². The van der Waals surface area contributed by atoms with Gasteiger partial charge in [-0.2, -0.15) is 0 Å². The van der Waals surface area contributed by atoms with Crippen molar-refractivity contribution in [3.05, 3.63) is 34.5 Å². The molecule has 6 nitrogen and oxygen atoms in total. The number of aromatic nitrogens is 2. The monoisotopic (exact) mass is 194 g/mol. The smallest absolute Gasteiger partial charge is 0.313 e. The fourth-order valence-electron chi connectivity index (χ4n) is 0.820. The molecule has 0 aliphatic rings. The molecule has 0 bridgehead atoms. The van der Waals surface area contributed by atoms with Gasteiger partial charge in [0.05, 0.1) is 4.92 Å². The zero-order valence-corrected chi connectivity index (χ0v) is 7.91. The molecular formula is C8H10N4O2. The van der Waals surface area contributed by atoms with Crippen LogP contribution in [0.1, 0.15) is 5.69 Å². The first-order valence-corrected chi connectivity index (χ1v) is 3.90. The molecule has 0 atom stereocenters. The second kappa shape index (κ2) is 4.31. The summed E-state index contributed by atoms with van der Waals surface area (Å²) in [6, 6.07) is 0. The summed E-state index contributed by atoms with van der Waals surface area (Å²) in [5.41, 5.74) is 0.212. The summed E-state index contributed by atoms with van der Waals surface area (Å²) >= 11 is 0. The van der Waals surface area contributed by atoms with Crippen LogP contribution in [0, 0.1) is 10.1 Å². The van der Waals surface area contributed by atoms with E-state index in [1.165, 1.54) is 12.5 Å². The number of hydrogen-bond acceptors (Lipinski definition) is 5. The van der Waals surface area contributed by atoms with Crippen molar-refractivity contribution in [2.45, 2.75) is 0 Å². The predicted molar refractivity (Wildman–Crippen MR) is 51.4 cm³/mol. The Morgan fingerprint density at radius 2 is 2.29 bits per heavy atom. The van der Waals surface area contributed by atoms with Gasteiger partial charge in [-0.05, 0) is 6.08 Å². The summed E-state index contributed by atoms with van der Waals surface area (Å²) in [6.07, 6.45) is 5.72. The Hall–Kier alpha value is -1.98. The highest BCUT2D eigenvalue weighted by Gasteiger charge is 2.11. The second-order valence-electron chi connectivity index (χ2n) is 2.83. The Bertz CT molecular complexity index is 362. The van der Waals surface area contributed by atoms with Crippen molar-refractivity contribution in [3.63, 3.8) is 0 Å². The van der Waals surface area contributed by atoms with Crippen molar-refractivity contribution in [1.82, 2.24) is 14.9 Å². The van der Waals surface area contributed by atoms with Crippen molar-refractivity contribution < 1.29 is 4.92 Å². The van der Waals surface area contributed by atoms with Crippen molar-refractivity contribution in [2.24, 2.45) is 0 Å². The highest BCUT2D eigenvalue weighted by Crippen LogP contribution is 2.14. The van der Waals surface area contributed by atoms with E-state index in [1.54, 1.807) is 17.2 Å². The van der Waals surface area contributed by atoms with Gasteiger partial charge in [-0.25, -0.2) is 9.97 Å². The summed E-state index contributed by atoms with van der Waals surface area (Å²) in [5.74, 6) is 0. The Labute approximate surface area is 81.1 Å². The van der Waals surface area contributed by atoms with Gasteiger partial charge < -0.3 is 4.90 Å². The zero-order chi connectivity index (χ0) is 10.6. The number of nitro groups is 1. The van der Waals surface area contributed by atoms with Crippen LogP contribution in [0.25, 0.3) is 6.08 Å². The van der Waals surface area contributed by atoms with Gasteiger partial charge in [-0.15, -0.1) is 0 Å². The lowest BCUT2D eigenvalue weighted by Crippen LogP contribution is -2.01. The first-order valence-electron chi connectivity index (χ1n) is 3.90. The highest BCUT2D eigenvalue weighted by atomic mass is 16.6. The summed E-state index contributed by atoms with van der Waals surface area (Å²) in [7, 11) is 3.65. The van der Waals surface area contributed by atoms with E-state index in [1.807, 2.05) is 14.1 Å². The first kappa shape index (κ1) is 10.1. The molecule has 0 amide bonds. The fourth-order valence-corrected chi connectivity index (χ4v) is 0.820. The molecule has 0 radical (unpaired) electrons. The molecular weight excluding hydrogens is 184 g/mol. The number of nitrogens with zero attached hydrogens (tertiary/aromatic N) is 4. The fraction of sp³-hybridized carbons (Fsp3) is 0.250. The molecule has 1 rings (SSSR count). The maximum absolute atomic E-state index is 10.5. The number of rotatable bonds is 3. The molecule has 0 saturated heterocycles. The van der Waals surface area contributed by atoms with Crippen LogP contribution in [0.3, 0.4) is 0 Å². The molecule has 0 N–H and O–H groups in total. The molecule has 0 saturated carbocycles.